The summed E-state index contributed by atoms with van der Waals surface area (Å²) in [5.41, 5.74) is 1.44. The zero-order chi connectivity index (χ0) is 9.36. The monoisotopic (exact) mass is 220 g/mol. The van der Waals surface area contributed by atoms with Crippen LogP contribution in [0.2, 0.25) is 10.8 Å². The third-order valence-electron chi connectivity index (χ3n) is 1.87. The van der Waals surface area contributed by atoms with Crippen LogP contribution in [0.25, 0.3) is 0 Å². The molecule has 0 saturated carbocycles. The van der Waals surface area contributed by atoms with Gasteiger partial charge < -0.3 is 0 Å². The van der Waals surface area contributed by atoms with Crippen LogP contribution in [0.3, 0.4) is 0 Å². The van der Waals surface area contributed by atoms with E-state index >= 15 is 0 Å². The van der Waals surface area contributed by atoms with Gasteiger partial charge in [0, 0.05) is 0 Å². The zero-order valence-electron chi connectivity index (χ0n) is 8.24. The molecule has 0 nitrogen and oxygen atoms in total. The number of unbranched alkanes of at least 4 members (excludes halogenated alkanes) is 1. The predicted octanol–water partition coefficient (Wildman–Crippen LogP) is 4.15. The van der Waals surface area contributed by atoms with Gasteiger partial charge in [-0.15, -0.1) is 0 Å². The second-order valence-corrected chi connectivity index (χ2v) is 4.47. The van der Waals surface area contributed by atoms with Gasteiger partial charge in [0.05, 0.1) is 0 Å². The van der Waals surface area contributed by atoms with Crippen LogP contribution in [-0.2, 0) is 14.4 Å². The van der Waals surface area contributed by atoms with Crippen molar-refractivity contribution in [3.8, 4) is 0 Å². The van der Waals surface area contributed by atoms with Crippen LogP contribution in [0.5, 0.6) is 0 Å². The Bertz CT molecular complexity index is 211. The average molecular weight is 221 g/mol. The Labute approximate surface area is 87.6 Å². The molecule has 0 aromatic carbocycles. The van der Waals surface area contributed by atoms with E-state index in [4.69, 9.17) is 0 Å². The molecular formula is C12H18Ni. The van der Waals surface area contributed by atoms with E-state index in [-0.39, 0.29) is 0 Å². The number of hydrogen-bond acceptors (Lipinski definition) is 0. The van der Waals surface area contributed by atoms with Gasteiger partial charge >= 0.3 is 87.4 Å². The number of allylic oxidation sites excluding steroid dienone is 6. The molecule has 76 valence electrons. The van der Waals surface area contributed by atoms with Crippen molar-refractivity contribution >= 4 is 0 Å². The van der Waals surface area contributed by atoms with E-state index in [9.17, 15) is 0 Å². The van der Waals surface area contributed by atoms with Gasteiger partial charge in [0.25, 0.3) is 0 Å². The maximum absolute atomic E-state index is 2.29. The SMILES string of the molecule is CCC[CH2][Ni][CH2]C=CC1=CC=CC1. The van der Waals surface area contributed by atoms with E-state index < -0.39 is 0 Å². The summed E-state index contributed by atoms with van der Waals surface area (Å²) in [5, 5.41) is 2.51. The zero-order valence-corrected chi connectivity index (χ0v) is 9.23. The normalized spacial score (nSPS) is 15.9. The molecule has 0 amide bonds. The van der Waals surface area contributed by atoms with Gasteiger partial charge in [0.15, 0.2) is 0 Å². The van der Waals surface area contributed by atoms with Gasteiger partial charge in [-0.3, -0.25) is 0 Å². The first kappa shape index (κ1) is 10.8. The van der Waals surface area contributed by atoms with Crippen molar-refractivity contribution in [2.75, 3.05) is 0 Å². The van der Waals surface area contributed by atoms with E-state index in [0.717, 1.165) is 6.42 Å². The van der Waals surface area contributed by atoms with Crippen molar-refractivity contribution in [2.24, 2.45) is 0 Å². The summed E-state index contributed by atoms with van der Waals surface area (Å²) < 4.78 is 0. The molecule has 0 fully saturated rings. The summed E-state index contributed by atoms with van der Waals surface area (Å²) in [4.78, 5) is 0. The Hall–Kier alpha value is -0.286. The summed E-state index contributed by atoms with van der Waals surface area (Å²) in [6, 6.07) is 0. The molecule has 0 aromatic heterocycles. The van der Waals surface area contributed by atoms with Crippen LogP contribution in [0.1, 0.15) is 26.2 Å². The Balaban J connectivity index is 1.99. The Morgan fingerprint density at radius 2 is 2.46 bits per heavy atom. The van der Waals surface area contributed by atoms with Crippen LogP contribution in [-0.4, -0.2) is 0 Å². The third-order valence-corrected chi connectivity index (χ3v) is 3.09. The van der Waals surface area contributed by atoms with Crippen molar-refractivity contribution in [1.82, 2.24) is 0 Å². The summed E-state index contributed by atoms with van der Waals surface area (Å²) in [6.45, 7) is 2.24. The second-order valence-electron chi connectivity index (χ2n) is 3.08. The van der Waals surface area contributed by atoms with E-state index in [1.807, 2.05) is 14.4 Å². The molecular weight excluding hydrogens is 203 g/mol. The second kappa shape index (κ2) is 7.15. The Morgan fingerprint density at radius 3 is 3.15 bits per heavy atom. The summed E-state index contributed by atoms with van der Waals surface area (Å²) in [5.74, 6) is 0. The molecule has 0 spiro atoms. The molecule has 1 rings (SSSR count). The third kappa shape index (κ3) is 5.11. The molecule has 0 heterocycles. The number of hydrogen-bond donors (Lipinski definition) is 0. The molecule has 0 aromatic rings. The van der Waals surface area contributed by atoms with Crippen LogP contribution in [0.15, 0.2) is 36.0 Å². The fraction of sp³-hybridized carbons (Fsp3) is 0.500. The minimum absolute atomic E-state index is 1.12. The van der Waals surface area contributed by atoms with E-state index in [2.05, 4.69) is 37.3 Å². The van der Waals surface area contributed by atoms with Gasteiger partial charge in [-0.1, -0.05) is 0 Å². The average Bonchev–Trinajstić information content (AvgIpc) is 2.63. The minimum atomic E-state index is 1.12. The van der Waals surface area contributed by atoms with Crippen molar-refractivity contribution in [2.45, 2.75) is 37.0 Å². The van der Waals surface area contributed by atoms with Gasteiger partial charge in [-0.25, -0.2) is 0 Å². The molecule has 0 aliphatic heterocycles. The fourth-order valence-corrected chi connectivity index (χ4v) is 2.16. The molecule has 0 N–H and O–H groups in total. The fourth-order valence-electron chi connectivity index (χ4n) is 1.08. The molecule has 0 atom stereocenters. The molecule has 13 heavy (non-hydrogen) atoms. The quantitative estimate of drug-likeness (QED) is 0.466. The first-order valence-electron chi connectivity index (χ1n) is 4.90. The Kier molecular flexibility index (Phi) is 5.93. The van der Waals surface area contributed by atoms with E-state index in [0.29, 0.717) is 0 Å². The molecule has 0 radical (unpaired) electrons. The molecule has 1 aliphatic rings. The van der Waals surface area contributed by atoms with Crippen molar-refractivity contribution in [1.29, 1.82) is 0 Å². The standard InChI is InChI=1S/C8H9.C4H9.Ni/c1-2-5-8-6-3-4-7-8;1-3-4-2;/h2-6H,1,7H2;1,3-4H2,2H3;. The first-order chi connectivity index (χ1) is 6.43. The van der Waals surface area contributed by atoms with E-state index in [1.54, 1.807) is 0 Å². The van der Waals surface area contributed by atoms with Crippen LogP contribution in [0, 0.1) is 0 Å². The van der Waals surface area contributed by atoms with Gasteiger partial charge in [0.1, 0.15) is 0 Å². The van der Waals surface area contributed by atoms with Crippen molar-refractivity contribution in [3.63, 3.8) is 0 Å². The molecule has 0 saturated heterocycles. The topological polar surface area (TPSA) is 0 Å². The number of rotatable bonds is 6. The molecule has 1 aliphatic carbocycles. The summed E-state index contributed by atoms with van der Waals surface area (Å²) in [7, 11) is 0. The van der Waals surface area contributed by atoms with E-state index in [1.165, 1.54) is 29.2 Å². The van der Waals surface area contributed by atoms with Gasteiger partial charge in [-0.2, -0.15) is 0 Å². The predicted molar refractivity (Wildman–Crippen MR) is 55.5 cm³/mol. The van der Waals surface area contributed by atoms with Crippen molar-refractivity contribution in [3.05, 3.63) is 36.0 Å². The first-order valence-corrected chi connectivity index (χ1v) is 6.30. The molecule has 1 heteroatoms. The van der Waals surface area contributed by atoms with Gasteiger partial charge in [-0.05, 0) is 0 Å². The van der Waals surface area contributed by atoms with Crippen molar-refractivity contribution < 1.29 is 14.4 Å². The summed E-state index contributed by atoms with van der Waals surface area (Å²) in [6.07, 6.45) is 14.9. The molecule has 0 bridgehead atoms. The van der Waals surface area contributed by atoms with Crippen LogP contribution < -0.4 is 0 Å². The maximum atomic E-state index is 2.29. The summed E-state index contributed by atoms with van der Waals surface area (Å²) >= 11 is 1.86. The molecule has 0 unspecified atom stereocenters. The van der Waals surface area contributed by atoms with Crippen LogP contribution in [0.4, 0.5) is 0 Å². The van der Waals surface area contributed by atoms with Gasteiger partial charge in [0.2, 0.25) is 0 Å². The Morgan fingerprint density at radius 1 is 1.54 bits per heavy atom. The van der Waals surface area contributed by atoms with Crippen LogP contribution >= 0.6 is 0 Å².